The van der Waals surface area contributed by atoms with Crippen molar-refractivity contribution in [2.75, 3.05) is 20.2 Å². The molecule has 3 rings (SSSR count). The van der Waals surface area contributed by atoms with Gasteiger partial charge in [-0.05, 0) is 29.7 Å². The SMILES string of the molecule is COc1ccc2ccccc2c1C=NNC(=O)C(=O)N1CCCCCC1. The summed E-state index contributed by atoms with van der Waals surface area (Å²) in [6, 6.07) is 11.7. The summed E-state index contributed by atoms with van der Waals surface area (Å²) in [5.41, 5.74) is 3.11. The summed E-state index contributed by atoms with van der Waals surface area (Å²) in [5, 5.41) is 5.99. The zero-order chi connectivity index (χ0) is 18.4. The molecule has 1 fully saturated rings. The van der Waals surface area contributed by atoms with Crippen molar-refractivity contribution >= 4 is 28.8 Å². The Kier molecular flexibility index (Phi) is 5.84. The first-order valence-electron chi connectivity index (χ1n) is 8.89. The van der Waals surface area contributed by atoms with Crippen molar-refractivity contribution in [1.82, 2.24) is 10.3 Å². The number of nitrogens with one attached hydrogen (secondary N) is 1. The first-order valence-corrected chi connectivity index (χ1v) is 8.89. The molecular weight excluding hydrogens is 330 g/mol. The van der Waals surface area contributed by atoms with E-state index < -0.39 is 11.8 Å². The summed E-state index contributed by atoms with van der Waals surface area (Å²) in [4.78, 5) is 26.0. The second kappa shape index (κ2) is 8.47. The lowest BCUT2D eigenvalue weighted by molar-refractivity contribution is -0.145. The van der Waals surface area contributed by atoms with E-state index in [9.17, 15) is 9.59 Å². The van der Waals surface area contributed by atoms with Crippen LogP contribution in [0.25, 0.3) is 10.8 Å². The first-order chi connectivity index (χ1) is 12.7. The topological polar surface area (TPSA) is 71.0 Å². The summed E-state index contributed by atoms with van der Waals surface area (Å²) in [7, 11) is 1.59. The Labute approximate surface area is 152 Å². The third-order valence-electron chi connectivity index (χ3n) is 4.60. The van der Waals surface area contributed by atoms with Crippen molar-refractivity contribution in [3.63, 3.8) is 0 Å². The smallest absolute Gasteiger partial charge is 0.329 e. The molecule has 0 radical (unpaired) electrons. The lowest BCUT2D eigenvalue weighted by atomic mass is 10.0. The van der Waals surface area contributed by atoms with Crippen LogP contribution in [0.3, 0.4) is 0 Å². The molecule has 6 nitrogen and oxygen atoms in total. The molecule has 136 valence electrons. The number of carbonyl (C=O) groups is 2. The molecule has 1 saturated heterocycles. The van der Waals surface area contributed by atoms with Crippen molar-refractivity contribution in [3.05, 3.63) is 42.0 Å². The third kappa shape index (κ3) is 4.02. The fourth-order valence-corrected chi connectivity index (χ4v) is 3.21. The van der Waals surface area contributed by atoms with E-state index in [0.717, 1.165) is 42.0 Å². The summed E-state index contributed by atoms with van der Waals surface area (Å²) in [6.45, 7) is 1.26. The van der Waals surface area contributed by atoms with E-state index >= 15 is 0 Å². The van der Waals surface area contributed by atoms with Crippen molar-refractivity contribution in [3.8, 4) is 5.75 Å². The monoisotopic (exact) mass is 353 g/mol. The Morgan fingerprint density at radius 1 is 1.08 bits per heavy atom. The van der Waals surface area contributed by atoms with E-state index in [1.165, 1.54) is 6.21 Å². The van der Waals surface area contributed by atoms with Gasteiger partial charge in [0, 0.05) is 18.7 Å². The number of hydrogen-bond acceptors (Lipinski definition) is 4. The molecule has 0 saturated carbocycles. The molecule has 0 bridgehead atoms. The highest BCUT2D eigenvalue weighted by atomic mass is 16.5. The van der Waals surface area contributed by atoms with E-state index in [1.54, 1.807) is 12.0 Å². The van der Waals surface area contributed by atoms with Crippen LogP contribution in [0.2, 0.25) is 0 Å². The van der Waals surface area contributed by atoms with Crippen LogP contribution in [-0.2, 0) is 9.59 Å². The molecule has 2 amide bonds. The predicted molar refractivity (Wildman–Crippen MR) is 101 cm³/mol. The van der Waals surface area contributed by atoms with Crippen LogP contribution in [0.1, 0.15) is 31.2 Å². The van der Waals surface area contributed by atoms with Gasteiger partial charge in [-0.25, -0.2) is 5.43 Å². The molecule has 0 unspecified atom stereocenters. The molecule has 1 heterocycles. The van der Waals surface area contributed by atoms with Gasteiger partial charge in [0.2, 0.25) is 0 Å². The van der Waals surface area contributed by atoms with Crippen LogP contribution in [0, 0.1) is 0 Å². The molecule has 2 aromatic carbocycles. The van der Waals surface area contributed by atoms with Gasteiger partial charge in [-0.15, -0.1) is 0 Å². The number of likely N-dealkylation sites (tertiary alicyclic amines) is 1. The Morgan fingerprint density at radius 3 is 2.54 bits per heavy atom. The molecule has 2 aromatic rings. The zero-order valence-electron chi connectivity index (χ0n) is 14.9. The average molecular weight is 353 g/mol. The first kappa shape index (κ1) is 17.9. The number of benzene rings is 2. The Balaban J connectivity index is 1.73. The average Bonchev–Trinajstić information content (AvgIpc) is 2.96. The van der Waals surface area contributed by atoms with Crippen LogP contribution in [0.15, 0.2) is 41.5 Å². The Bertz CT molecular complexity index is 824. The Hall–Kier alpha value is -2.89. The van der Waals surface area contributed by atoms with Crippen LogP contribution < -0.4 is 10.2 Å². The predicted octanol–water partition coefficient (Wildman–Crippen LogP) is 2.70. The number of nitrogens with zero attached hydrogens (tertiary/aromatic N) is 2. The van der Waals surface area contributed by atoms with E-state index in [0.29, 0.717) is 18.8 Å². The molecule has 1 aliphatic heterocycles. The lowest BCUT2D eigenvalue weighted by Gasteiger charge is -2.18. The fourth-order valence-electron chi connectivity index (χ4n) is 3.21. The van der Waals surface area contributed by atoms with E-state index in [-0.39, 0.29) is 0 Å². The minimum Gasteiger partial charge on any atom is -0.496 e. The minimum atomic E-state index is -0.706. The van der Waals surface area contributed by atoms with Gasteiger partial charge in [-0.2, -0.15) is 5.10 Å². The van der Waals surface area contributed by atoms with E-state index in [4.69, 9.17) is 4.74 Å². The normalized spacial score (nSPS) is 15.0. The van der Waals surface area contributed by atoms with E-state index in [2.05, 4.69) is 10.5 Å². The largest absolute Gasteiger partial charge is 0.496 e. The number of carbonyl (C=O) groups excluding carboxylic acids is 2. The van der Waals surface area contributed by atoms with Gasteiger partial charge in [0.05, 0.1) is 13.3 Å². The van der Waals surface area contributed by atoms with Gasteiger partial charge < -0.3 is 9.64 Å². The summed E-state index contributed by atoms with van der Waals surface area (Å²) >= 11 is 0. The van der Waals surface area contributed by atoms with Crippen LogP contribution in [-0.4, -0.2) is 43.1 Å². The van der Waals surface area contributed by atoms with Crippen molar-refractivity contribution in [2.45, 2.75) is 25.7 Å². The molecule has 1 N–H and O–H groups in total. The van der Waals surface area contributed by atoms with Gasteiger partial charge in [0.25, 0.3) is 0 Å². The number of amides is 2. The maximum Gasteiger partial charge on any atom is 0.329 e. The van der Waals surface area contributed by atoms with Gasteiger partial charge in [0.15, 0.2) is 0 Å². The highest BCUT2D eigenvalue weighted by Gasteiger charge is 2.22. The summed E-state index contributed by atoms with van der Waals surface area (Å²) in [6.07, 6.45) is 5.61. The summed E-state index contributed by atoms with van der Waals surface area (Å²) < 4.78 is 5.39. The Morgan fingerprint density at radius 2 is 1.81 bits per heavy atom. The summed E-state index contributed by atoms with van der Waals surface area (Å²) in [5.74, 6) is -0.572. The van der Waals surface area contributed by atoms with Crippen molar-refractivity contribution < 1.29 is 14.3 Å². The molecule has 0 atom stereocenters. The second-order valence-corrected chi connectivity index (χ2v) is 6.31. The number of hydrogen-bond donors (Lipinski definition) is 1. The molecule has 0 aliphatic carbocycles. The second-order valence-electron chi connectivity index (χ2n) is 6.31. The van der Waals surface area contributed by atoms with Crippen LogP contribution in [0.4, 0.5) is 0 Å². The number of ether oxygens (including phenoxy) is 1. The van der Waals surface area contributed by atoms with Gasteiger partial charge in [0.1, 0.15) is 5.75 Å². The van der Waals surface area contributed by atoms with Gasteiger partial charge >= 0.3 is 11.8 Å². The highest BCUT2D eigenvalue weighted by molar-refractivity contribution is 6.35. The number of methoxy groups -OCH3 is 1. The maximum absolute atomic E-state index is 12.2. The fraction of sp³-hybridized carbons (Fsp3) is 0.350. The van der Waals surface area contributed by atoms with Gasteiger partial charge in [-0.3, -0.25) is 9.59 Å². The molecule has 0 aromatic heterocycles. The molecule has 0 spiro atoms. The van der Waals surface area contributed by atoms with Gasteiger partial charge in [-0.1, -0.05) is 43.2 Å². The van der Waals surface area contributed by atoms with E-state index in [1.807, 2.05) is 36.4 Å². The molecule has 6 heteroatoms. The van der Waals surface area contributed by atoms with Crippen LogP contribution in [0.5, 0.6) is 5.75 Å². The number of hydrazone groups is 1. The highest BCUT2D eigenvalue weighted by Crippen LogP contribution is 2.26. The maximum atomic E-state index is 12.2. The molecule has 1 aliphatic rings. The standard InChI is InChI=1S/C20H23N3O3/c1-26-18-11-10-15-8-4-5-9-16(15)17(18)14-21-22-19(24)20(25)23-12-6-2-3-7-13-23/h4-5,8-11,14H,2-3,6-7,12-13H2,1H3,(H,22,24). The number of fused-ring (bicyclic) bond motifs is 1. The molecular formula is C20H23N3O3. The van der Waals surface area contributed by atoms with Crippen molar-refractivity contribution in [2.24, 2.45) is 5.10 Å². The lowest BCUT2D eigenvalue weighted by Crippen LogP contribution is -2.41. The van der Waals surface area contributed by atoms with Crippen molar-refractivity contribution in [1.29, 1.82) is 0 Å². The quantitative estimate of drug-likeness (QED) is 0.524. The van der Waals surface area contributed by atoms with Crippen LogP contribution >= 0.6 is 0 Å². The zero-order valence-corrected chi connectivity index (χ0v) is 14.9. The third-order valence-corrected chi connectivity index (χ3v) is 4.60. The number of rotatable bonds is 3. The molecule has 26 heavy (non-hydrogen) atoms. The minimum absolute atomic E-state index is 0.520.